The van der Waals surface area contributed by atoms with Crippen molar-refractivity contribution in [2.75, 3.05) is 6.54 Å². The average molecular weight is 209 g/mol. The molecule has 0 radical (unpaired) electrons. The van der Waals surface area contributed by atoms with Crippen LogP contribution in [0.25, 0.3) is 0 Å². The SMILES string of the molecule is CCCCNC(=O)c1ccc(S)cc1. The van der Waals surface area contributed by atoms with E-state index in [1.807, 2.05) is 12.1 Å². The molecule has 0 aromatic heterocycles. The third-order valence-electron chi connectivity index (χ3n) is 1.95. The molecule has 0 heterocycles. The van der Waals surface area contributed by atoms with Crippen LogP contribution >= 0.6 is 12.6 Å². The lowest BCUT2D eigenvalue weighted by Gasteiger charge is -2.03. The molecule has 0 aliphatic heterocycles. The van der Waals surface area contributed by atoms with Crippen molar-refractivity contribution in [1.82, 2.24) is 5.32 Å². The number of hydrogen-bond donors (Lipinski definition) is 2. The van der Waals surface area contributed by atoms with Crippen LogP contribution < -0.4 is 5.32 Å². The minimum absolute atomic E-state index is 0.00761. The zero-order valence-electron chi connectivity index (χ0n) is 8.29. The van der Waals surface area contributed by atoms with Crippen LogP contribution in [0, 0.1) is 0 Å². The second kappa shape index (κ2) is 5.70. The van der Waals surface area contributed by atoms with Crippen LogP contribution in [0.5, 0.6) is 0 Å². The van der Waals surface area contributed by atoms with Gasteiger partial charge in [-0.15, -0.1) is 12.6 Å². The maximum atomic E-state index is 11.5. The molecule has 0 unspecified atom stereocenters. The third kappa shape index (κ3) is 3.42. The first-order valence-corrected chi connectivity index (χ1v) is 5.26. The number of hydrogen-bond acceptors (Lipinski definition) is 2. The van der Waals surface area contributed by atoms with Crippen molar-refractivity contribution in [3.8, 4) is 0 Å². The van der Waals surface area contributed by atoms with Crippen LogP contribution in [-0.2, 0) is 0 Å². The maximum absolute atomic E-state index is 11.5. The summed E-state index contributed by atoms with van der Waals surface area (Å²) >= 11 is 4.15. The Morgan fingerprint density at radius 1 is 1.36 bits per heavy atom. The Labute approximate surface area is 90.1 Å². The summed E-state index contributed by atoms with van der Waals surface area (Å²) in [6.45, 7) is 2.85. The van der Waals surface area contributed by atoms with Gasteiger partial charge in [0.1, 0.15) is 0 Å². The zero-order valence-corrected chi connectivity index (χ0v) is 9.18. The van der Waals surface area contributed by atoms with Crippen LogP contribution in [0.1, 0.15) is 30.1 Å². The Bertz CT molecular complexity index is 295. The van der Waals surface area contributed by atoms with E-state index in [9.17, 15) is 4.79 Å². The van der Waals surface area contributed by atoms with Gasteiger partial charge in [-0.25, -0.2) is 0 Å². The summed E-state index contributed by atoms with van der Waals surface area (Å²) in [4.78, 5) is 12.4. The summed E-state index contributed by atoms with van der Waals surface area (Å²) in [7, 11) is 0. The minimum atomic E-state index is -0.00761. The van der Waals surface area contributed by atoms with Crippen LogP contribution in [-0.4, -0.2) is 12.5 Å². The molecular formula is C11H15NOS. The van der Waals surface area contributed by atoms with E-state index in [-0.39, 0.29) is 5.91 Å². The predicted octanol–water partition coefficient (Wildman–Crippen LogP) is 2.51. The Balaban J connectivity index is 2.48. The lowest BCUT2D eigenvalue weighted by atomic mass is 10.2. The summed E-state index contributed by atoms with van der Waals surface area (Å²) in [6.07, 6.45) is 2.12. The van der Waals surface area contributed by atoms with Crippen molar-refractivity contribution >= 4 is 18.5 Å². The van der Waals surface area contributed by atoms with Gasteiger partial charge in [-0.2, -0.15) is 0 Å². The molecule has 0 bridgehead atoms. The number of thiol groups is 1. The highest BCUT2D eigenvalue weighted by Crippen LogP contribution is 2.07. The van der Waals surface area contributed by atoms with Crippen molar-refractivity contribution in [2.24, 2.45) is 0 Å². The summed E-state index contributed by atoms with van der Waals surface area (Å²) < 4.78 is 0. The molecule has 0 spiro atoms. The Morgan fingerprint density at radius 3 is 2.57 bits per heavy atom. The molecule has 1 rings (SSSR count). The molecule has 2 nitrogen and oxygen atoms in total. The van der Waals surface area contributed by atoms with Crippen LogP contribution in [0.3, 0.4) is 0 Å². The fraction of sp³-hybridized carbons (Fsp3) is 0.364. The van der Waals surface area contributed by atoms with Gasteiger partial charge in [-0.05, 0) is 30.7 Å². The van der Waals surface area contributed by atoms with Gasteiger partial charge in [-0.3, -0.25) is 4.79 Å². The monoisotopic (exact) mass is 209 g/mol. The number of amides is 1. The van der Waals surface area contributed by atoms with Gasteiger partial charge in [0.15, 0.2) is 0 Å². The molecule has 0 saturated heterocycles. The smallest absolute Gasteiger partial charge is 0.251 e. The highest BCUT2D eigenvalue weighted by Gasteiger charge is 2.02. The second-order valence-electron chi connectivity index (χ2n) is 3.16. The number of nitrogens with one attached hydrogen (secondary N) is 1. The lowest BCUT2D eigenvalue weighted by Crippen LogP contribution is -2.24. The molecule has 1 aromatic rings. The second-order valence-corrected chi connectivity index (χ2v) is 3.67. The van der Waals surface area contributed by atoms with Gasteiger partial charge in [0.05, 0.1) is 0 Å². The van der Waals surface area contributed by atoms with Crippen molar-refractivity contribution in [3.05, 3.63) is 29.8 Å². The molecule has 1 amide bonds. The van der Waals surface area contributed by atoms with Gasteiger partial charge in [0.2, 0.25) is 0 Å². The normalized spacial score (nSPS) is 9.86. The molecular weight excluding hydrogens is 194 g/mol. The number of carbonyl (C=O) groups is 1. The minimum Gasteiger partial charge on any atom is -0.352 e. The van der Waals surface area contributed by atoms with Gasteiger partial charge in [-0.1, -0.05) is 13.3 Å². The summed E-state index contributed by atoms with van der Waals surface area (Å²) in [5, 5.41) is 2.86. The van der Waals surface area contributed by atoms with E-state index in [0.717, 1.165) is 24.3 Å². The van der Waals surface area contributed by atoms with Crippen LogP contribution in [0.4, 0.5) is 0 Å². The fourth-order valence-corrected chi connectivity index (χ4v) is 1.24. The van der Waals surface area contributed by atoms with Crippen molar-refractivity contribution < 1.29 is 4.79 Å². The maximum Gasteiger partial charge on any atom is 0.251 e. The molecule has 1 N–H and O–H groups in total. The molecule has 0 aliphatic rings. The van der Waals surface area contributed by atoms with Gasteiger partial charge >= 0.3 is 0 Å². The first-order chi connectivity index (χ1) is 6.74. The van der Waals surface area contributed by atoms with E-state index >= 15 is 0 Å². The molecule has 14 heavy (non-hydrogen) atoms. The van der Waals surface area contributed by atoms with E-state index in [1.54, 1.807) is 12.1 Å². The summed E-state index contributed by atoms with van der Waals surface area (Å²) in [6, 6.07) is 7.20. The molecule has 3 heteroatoms. The van der Waals surface area contributed by atoms with Gasteiger partial charge in [0, 0.05) is 17.0 Å². The van der Waals surface area contributed by atoms with E-state index in [4.69, 9.17) is 0 Å². The van der Waals surface area contributed by atoms with E-state index in [2.05, 4.69) is 24.9 Å². The average Bonchev–Trinajstić information content (AvgIpc) is 2.19. The lowest BCUT2D eigenvalue weighted by molar-refractivity contribution is 0.0953. The largest absolute Gasteiger partial charge is 0.352 e. The van der Waals surface area contributed by atoms with Crippen LogP contribution in [0.15, 0.2) is 29.2 Å². The molecule has 76 valence electrons. The highest BCUT2D eigenvalue weighted by atomic mass is 32.1. The highest BCUT2D eigenvalue weighted by molar-refractivity contribution is 7.80. The Morgan fingerprint density at radius 2 is 2.00 bits per heavy atom. The molecule has 0 aliphatic carbocycles. The topological polar surface area (TPSA) is 29.1 Å². The van der Waals surface area contributed by atoms with Gasteiger partial charge in [0.25, 0.3) is 5.91 Å². The Hall–Kier alpha value is -0.960. The van der Waals surface area contributed by atoms with Crippen molar-refractivity contribution in [2.45, 2.75) is 24.7 Å². The number of carbonyl (C=O) groups excluding carboxylic acids is 1. The Kier molecular flexibility index (Phi) is 4.53. The number of unbranched alkanes of at least 4 members (excludes halogenated alkanes) is 1. The van der Waals surface area contributed by atoms with Gasteiger partial charge < -0.3 is 5.32 Å². The van der Waals surface area contributed by atoms with E-state index in [0.29, 0.717) is 5.56 Å². The van der Waals surface area contributed by atoms with Crippen molar-refractivity contribution in [1.29, 1.82) is 0 Å². The first-order valence-electron chi connectivity index (χ1n) is 4.81. The predicted molar refractivity (Wildman–Crippen MR) is 60.9 cm³/mol. The fourth-order valence-electron chi connectivity index (χ4n) is 1.09. The molecule has 0 fully saturated rings. The standard InChI is InChI=1S/C11H15NOS/c1-2-3-8-12-11(13)9-4-6-10(14)7-5-9/h4-7,14H,2-3,8H2,1H3,(H,12,13). The number of benzene rings is 1. The third-order valence-corrected chi connectivity index (χ3v) is 2.24. The molecule has 0 saturated carbocycles. The zero-order chi connectivity index (χ0) is 10.4. The summed E-state index contributed by atoms with van der Waals surface area (Å²) in [5.74, 6) is -0.00761. The first kappa shape index (κ1) is 11.1. The summed E-state index contributed by atoms with van der Waals surface area (Å²) in [5.41, 5.74) is 0.693. The molecule has 1 aromatic carbocycles. The van der Waals surface area contributed by atoms with Crippen molar-refractivity contribution in [3.63, 3.8) is 0 Å². The quantitative estimate of drug-likeness (QED) is 0.579. The van der Waals surface area contributed by atoms with E-state index < -0.39 is 0 Å². The number of rotatable bonds is 4. The molecule has 0 atom stereocenters. The van der Waals surface area contributed by atoms with Crippen LogP contribution in [0.2, 0.25) is 0 Å². The van der Waals surface area contributed by atoms with E-state index in [1.165, 1.54) is 0 Å².